The van der Waals surface area contributed by atoms with E-state index in [9.17, 15) is 5.11 Å². The Hall–Kier alpha value is -1.81. The van der Waals surface area contributed by atoms with Crippen LogP contribution in [0.2, 0.25) is 0 Å². The third-order valence-electron chi connectivity index (χ3n) is 2.61. The number of rotatable bonds is 4. The summed E-state index contributed by atoms with van der Waals surface area (Å²) in [6.45, 7) is 2.40. The second-order valence-corrected chi connectivity index (χ2v) is 4.05. The molecule has 1 N–H and O–H groups in total. The molecule has 0 aliphatic heterocycles. The second-order valence-electron chi connectivity index (χ2n) is 4.05. The van der Waals surface area contributed by atoms with E-state index in [1.165, 1.54) is 0 Å². The average molecular weight is 232 g/mol. The summed E-state index contributed by atoms with van der Waals surface area (Å²) in [4.78, 5) is 6.25. The van der Waals surface area contributed by atoms with E-state index in [0.717, 1.165) is 11.4 Å². The smallest absolute Gasteiger partial charge is 0.123 e. The quantitative estimate of drug-likeness (QED) is 0.879. The summed E-state index contributed by atoms with van der Waals surface area (Å²) >= 11 is 0. The summed E-state index contributed by atoms with van der Waals surface area (Å²) in [5.74, 6) is 0.909. The molecule has 4 heteroatoms. The maximum Gasteiger partial charge on any atom is 0.123 e. The minimum atomic E-state index is -0.528. The zero-order chi connectivity index (χ0) is 12.3. The Kier molecular flexibility index (Phi) is 3.44. The maximum absolute atomic E-state index is 9.37. The van der Waals surface area contributed by atoms with Crippen molar-refractivity contribution in [3.05, 3.63) is 48.2 Å². The summed E-state index contributed by atoms with van der Waals surface area (Å²) in [7, 11) is 1.97. The predicted octanol–water partition coefficient (Wildman–Crippen LogP) is 2.36. The molecule has 0 spiro atoms. The number of hydrogen-bond donors (Lipinski definition) is 1. The lowest BCUT2D eigenvalue weighted by molar-refractivity contribution is 0.194. The number of aliphatic hydroxyl groups is 1. The largest absolute Gasteiger partial charge is 0.467 e. The van der Waals surface area contributed by atoms with E-state index in [4.69, 9.17) is 4.42 Å². The topological polar surface area (TPSA) is 49.5 Å². The van der Waals surface area contributed by atoms with E-state index in [-0.39, 0.29) is 0 Å². The van der Waals surface area contributed by atoms with Gasteiger partial charge in [0.05, 0.1) is 36.5 Å². The zero-order valence-corrected chi connectivity index (χ0v) is 10.00. The minimum Gasteiger partial charge on any atom is -0.467 e. The van der Waals surface area contributed by atoms with Gasteiger partial charge in [-0.25, -0.2) is 0 Å². The third-order valence-corrected chi connectivity index (χ3v) is 2.61. The van der Waals surface area contributed by atoms with Gasteiger partial charge in [-0.1, -0.05) is 0 Å². The zero-order valence-electron chi connectivity index (χ0n) is 10.00. The average Bonchev–Trinajstić information content (AvgIpc) is 2.82. The molecule has 4 nitrogen and oxygen atoms in total. The van der Waals surface area contributed by atoms with E-state index in [2.05, 4.69) is 4.98 Å². The van der Waals surface area contributed by atoms with Crippen molar-refractivity contribution in [1.29, 1.82) is 0 Å². The van der Waals surface area contributed by atoms with Crippen LogP contribution >= 0.6 is 0 Å². The van der Waals surface area contributed by atoms with Crippen LogP contribution in [0.4, 0.5) is 5.69 Å². The molecule has 0 saturated carbocycles. The monoisotopic (exact) mass is 232 g/mol. The van der Waals surface area contributed by atoms with Crippen LogP contribution in [-0.2, 0) is 6.54 Å². The number of aromatic nitrogens is 1. The van der Waals surface area contributed by atoms with E-state index >= 15 is 0 Å². The number of pyridine rings is 1. The van der Waals surface area contributed by atoms with E-state index in [0.29, 0.717) is 12.2 Å². The van der Waals surface area contributed by atoms with Crippen LogP contribution < -0.4 is 4.90 Å². The Morgan fingerprint density at radius 2 is 2.24 bits per heavy atom. The van der Waals surface area contributed by atoms with Crippen LogP contribution in [0, 0.1) is 0 Å². The highest BCUT2D eigenvalue weighted by molar-refractivity contribution is 5.44. The molecule has 0 aliphatic carbocycles. The van der Waals surface area contributed by atoms with Crippen molar-refractivity contribution in [2.24, 2.45) is 0 Å². The molecule has 0 fully saturated rings. The van der Waals surface area contributed by atoms with Gasteiger partial charge in [0.25, 0.3) is 0 Å². The lowest BCUT2D eigenvalue weighted by atomic mass is 10.2. The van der Waals surface area contributed by atoms with Crippen molar-refractivity contribution in [3.63, 3.8) is 0 Å². The number of furan rings is 1. The van der Waals surface area contributed by atoms with Crippen LogP contribution in [-0.4, -0.2) is 17.1 Å². The Morgan fingerprint density at radius 1 is 1.41 bits per heavy atom. The van der Waals surface area contributed by atoms with Crippen LogP contribution in [0.15, 0.2) is 41.1 Å². The molecule has 90 valence electrons. The Morgan fingerprint density at radius 3 is 2.76 bits per heavy atom. The van der Waals surface area contributed by atoms with Crippen LogP contribution in [0.3, 0.4) is 0 Å². The molecule has 0 unspecified atom stereocenters. The molecule has 0 amide bonds. The first-order valence-electron chi connectivity index (χ1n) is 5.54. The first kappa shape index (κ1) is 11.7. The van der Waals surface area contributed by atoms with E-state index < -0.39 is 6.10 Å². The third kappa shape index (κ3) is 2.85. The molecule has 1 atom stereocenters. The van der Waals surface area contributed by atoms with Gasteiger partial charge >= 0.3 is 0 Å². The van der Waals surface area contributed by atoms with Crippen LogP contribution in [0.1, 0.15) is 24.5 Å². The summed E-state index contributed by atoms with van der Waals surface area (Å²) in [5, 5.41) is 9.37. The molecular weight excluding hydrogens is 216 g/mol. The molecule has 0 aliphatic rings. The lowest BCUT2D eigenvalue weighted by Gasteiger charge is -2.17. The maximum atomic E-state index is 9.37. The highest BCUT2D eigenvalue weighted by Gasteiger charge is 2.06. The predicted molar refractivity (Wildman–Crippen MR) is 65.7 cm³/mol. The van der Waals surface area contributed by atoms with Gasteiger partial charge in [0.2, 0.25) is 0 Å². The summed E-state index contributed by atoms with van der Waals surface area (Å²) < 4.78 is 5.29. The van der Waals surface area contributed by atoms with Crippen LogP contribution in [0.5, 0.6) is 0 Å². The first-order valence-corrected chi connectivity index (χ1v) is 5.54. The van der Waals surface area contributed by atoms with Gasteiger partial charge < -0.3 is 14.4 Å². The van der Waals surface area contributed by atoms with Gasteiger partial charge in [-0.3, -0.25) is 4.98 Å². The van der Waals surface area contributed by atoms with Gasteiger partial charge in [-0.05, 0) is 31.2 Å². The van der Waals surface area contributed by atoms with Gasteiger partial charge in [-0.2, -0.15) is 0 Å². The standard InChI is InChI=1S/C13H16N2O2/c1-10(16)13-6-5-11(8-14-13)15(2)9-12-4-3-7-17-12/h3-8,10,16H,9H2,1-2H3/t10-/m1/s1. The van der Waals surface area contributed by atoms with Gasteiger partial charge in [0.15, 0.2) is 0 Å². The Balaban J connectivity index is 2.06. The van der Waals surface area contributed by atoms with E-state index in [1.54, 1.807) is 19.4 Å². The van der Waals surface area contributed by atoms with Gasteiger partial charge in [0, 0.05) is 7.05 Å². The fourth-order valence-corrected chi connectivity index (χ4v) is 1.60. The molecule has 0 bridgehead atoms. The number of anilines is 1. The van der Waals surface area contributed by atoms with Crippen molar-refractivity contribution >= 4 is 5.69 Å². The van der Waals surface area contributed by atoms with Crippen molar-refractivity contribution in [2.75, 3.05) is 11.9 Å². The number of hydrogen-bond acceptors (Lipinski definition) is 4. The highest BCUT2D eigenvalue weighted by atomic mass is 16.3. The molecule has 2 rings (SSSR count). The Labute approximate surface area is 101 Å². The molecule has 0 saturated heterocycles. The van der Waals surface area contributed by atoms with Crippen molar-refractivity contribution in [2.45, 2.75) is 19.6 Å². The SMILES string of the molecule is C[C@@H](O)c1ccc(N(C)Cc2ccco2)cn1. The minimum absolute atomic E-state index is 0.528. The molecule has 2 aromatic heterocycles. The lowest BCUT2D eigenvalue weighted by Crippen LogP contribution is -2.16. The summed E-state index contributed by atoms with van der Waals surface area (Å²) in [6.07, 6.45) is 2.89. The first-order chi connectivity index (χ1) is 8.16. The Bertz CT molecular complexity index is 449. The fraction of sp³-hybridized carbons (Fsp3) is 0.308. The van der Waals surface area contributed by atoms with Crippen LogP contribution in [0.25, 0.3) is 0 Å². The second kappa shape index (κ2) is 5.01. The van der Waals surface area contributed by atoms with Crippen molar-refractivity contribution < 1.29 is 9.52 Å². The summed E-state index contributed by atoms with van der Waals surface area (Å²) in [5.41, 5.74) is 1.67. The molecular formula is C13H16N2O2. The number of nitrogens with zero attached hydrogens (tertiary/aromatic N) is 2. The molecule has 0 radical (unpaired) electrons. The molecule has 2 aromatic rings. The van der Waals surface area contributed by atoms with Gasteiger partial charge in [0.1, 0.15) is 5.76 Å². The molecule has 17 heavy (non-hydrogen) atoms. The molecule has 0 aromatic carbocycles. The fourth-order valence-electron chi connectivity index (χ4n) is 1.60. The summed E-state index contributed by atoms with van der Waals surface area (Å²) in [6, 6.07) is 7.59. The normalized spacial score (nSPS) is 12.4. The van der Waals surface area contributed by atoms with E-state index in [1.807, 2.05) is 36.2 Å². The number of aliphatic hydroxyl groups excluding tert-OH is 1. The van der Waals surface area contributed by atoms with Gasteiger partial charge in [-0.15, -0.1) is 0 Å². The van der Waals surface area contributed by atoms with Crippen molar-refractivity contribution in [1.82, 2.24) is 4.98 Å². The highest BCUT2D eigenvalue weighted by Crippen LogP contribution is 2.17. The molecule has 2 heterocycles. The van der Waals surface area contributed by atoms with Crippen molar-refractivity contribution in [3.8, 4) is 0 Å².